The van der Waals surface area contributed by atoms with Crippen LogP contribution >= 0.6 is 0 Å². The molecule has 1 saturated carbocycles. The Bertz CT molecular complexity index is 736. The molecule has 1 aliphatic rings. The number of hydrogen-bond acceptors (Lipinski definition) is 6. The van der Waals surface area contributed by atoms with Gasteiger partial charge in [-0.05, 0) is 61.1 Å². The van der Waals surface area contributed by atoms with Gasteiger partial charge in [-0.3, -0.25) is 4.79 Å². The van der Waals surface area contributed by atoms with Gasteiger partial charge in [-0.15, -0.1) is 0 Å². The molecule has 0 spiro atoms. The summed E-state index contributed by atoms with van der Waals surface area (Å²) in [6.07, 6.45) is 8.09. The van der Waals surface area contributed by atoms with Crippen LogP contribution in [-0.4, -0.2) is 57.1 Å². The lowest BCUT2D eigenvalue weighted by molar-refractivity contribution is -0.122. The average Bonchev–Trinajstić information content (AvgIpc) is 2.85. The van der Waals surface area contributed by atoms with E-state index in [4.69, 9.17) is 19.9 Å². The van der Waals surface area contributed by atoms with Crippen molar-refractivity contribution in [3.63, 3.8) is 0 Å². The van der Waals surface area contributed by atoms with E-state index in [2.05, 4.69) is 25.2 Å². The van der Waals surface area contributed by atoms with Crippen LogP contribution in [0.5, 0.6) is 11.5 Å². The molecule has 2 rings (SSSR count). The summed E-state index contributed by atoms with van der Waals surface area (Å²) in [6.45, 7) is 5.78. The lowest BCUT2D eigenvalue weighted by Gasteiger charge is -2.28. The highest BCUT2D eigenvalue weighted by Crippen LogP contribution is 2.31. The van der Waals surface area contributed by atoms with Gasteiger partial charge in [0.05, 0.1) is 19.8 Å². The standard InChI is InChI=1S/C28H48N2O5/c1-20(2)23(15-22-11-12-26(34-4)27(16-22)35-14-8-13-33-3)18-24(29)25(31)19-30-28(32)17-21-9-6-5-7-10-21/h11-12,16,20-21,23-25,31H,5-10,13-15,17-19,29H2,1-4H3,(H,30,32). The van der Waals surface area contributed by atoms with Crippen molar-refractivity contribution in [1.82, 2.24) is 5.32 Å². The molecular weight excluding hydrogens is 444 g/mol. The summed E-state index contributed by atoms with van der Waals surface area (Å²) in [6, 6.07) is 5.63. The average molecular weight is 493 g/mol. The maximum Gasteiger partial charge on any atom is 0.220 e. The van der Waals surface area contributed by atoms with Crippen molar-refractivity contribution >= 4 is 5.91 Å². The largest absolute Gasteiger partial charge is 0.493 e. The molecule has 1 aliphatic carbocycles. The zero-order valence-corrected chi connectivity index (χ0v) is 22.3. The number of methoxy groups -OCH3 is 2. The Balaban J connectivity index is 1.87. The summed E-state index contributed by atoms with van der Waals surface area (Å²) in [5, 5.41) is 13.5. The van der Waals surface area contributed by atoms with Gasteiger partial charge in [0.15, 0.2) is 11.5 Å². The minimum absolute atomic E-state index is 0.0276. The Morgan fingerprint density at radius 3 is 2.54 bits per heavy atom. The van der Waals surface area contributed by atoms with Crippen LogP contribution in [0.25, 0.3) is 0 Å². The minimum atomic E-state index is -0.762. The van der Waals surface area contributed by atoms with Gasteiger partial charge in [0.1, 0.15) is 0 Å². The van der Waals surface area contributed by atoms with E-state index in [0.29, 0.717) is 43.6 Å². The Kier molecular flexibility index (Phi) is 13.5. The van der Waals surface area contributed by atoms with Crippen LogP contribution in [0.2, 0.25) is 0 Å². The normalized spacial score (nSPS) is 17.1. The maximum absolute atomic E-state index is 12.3. The van der Waals surface area contributed by atoms with E-state index in [0.717, 1.165) is 37.0 Å². The van der Waals surface area contributed by atoms with Gasteiger partial charge in [0, 0.05) is 39.1 Å². The monoisotopic (exact) mass is 492 g/mol. The first-order valence-electron chi connectivity index (χ1n) is 13.3. The quantitative estimate of drug-likeness (QED) is 0.300. The van der Waals surface area contributed by atoms with E-state index in [1.54, 1.807) is 14.2 Å². The van der Waals surface area contributed by atoms with Crippen LogP contribution < -0.4 is 20.5 Å². The Morgan fingerprint density at radius 1 is 1.14 bits per heavy atom. The number of carbonyl (C=O) groups excluding carboxylic acids is 1. The zero-order chi connectivity index (χ0) is 25.6. The first-order valence-corrected chi connectivity index (χ1v) is 13.3. The lowest BCUT2D eigenvalue weighted by atomic mass is 9.83. The zero-order valence-electron chi connectivity index (χ0n) is 22.3. The second kappa shape index (κ2) is 16.0. The number of aliphatic hydroxyl groups excluding tert-OH is 1. The molecule has 4 N–H and O–H groups in total. The van der Waals surface area contributed by atoms with E-state index in [1.807, 2.05) is 12.1 Å². The van der Waals surface area contributed by atoms with Crippen molar-refractivity contribution in [2.45, 2.75) is 83.8 Å². The number of nitrogens with one attached hydrogen (secondary N) is 1. The van der Waals surface area contributed by atoms with Crippen molar-refractivity contribution in [2.75, 3.05) is 34.0 Å². The molecule has 7 heteroatoms. The van der Waals surface area contributed by atoms with Crippen molar-refractivity contribution in [3.05, 3.63) is 23.8 Å². The second-order valence-corrected chi connectivity index (χ2v) is 10.4. The van der Waals surface area contributed by atoms with Gasteiger partial charge in [-0.1, -0.05) is 39.2 Å². The van der Waals surface area contributed by atoms with E-state index < -0.39 is 12.1 Å². The first kappa shape index (κ1) is 29.4. The highest BCUT2D eigenvalue weighted by atomic mass is 16.5. The van der Waals surface area contributed by atoms with Crippen LogP contribution in [0.3, 0.4) is 0 Å². The summed E-state index contributed by atoms with van der Waals surface area (Å²) in [4.78, 5) is 12.3. The molecule has 0 bridgehead atoms. The van der Waals surface area contributed by atoms with Gasteiger partial charge < -0.3 is 30.4 Å². The van der Waals surface area contributed by atoms with Gasteiger partial charge in [0.25, 0.3) is 0 Å². The van der Waals surface area contributed by atoms with Gasteiger partial charge in [-0.2, -0.15) is 0 Å². The molecule has 0 heterocycles. The fraction of sp³-hybridized carbons (Fsp3) is 0.750. The molecule has 0 radical (unpaired) electrons. The minimum Gasteiger partial charge on any atom is -0.493 e. The topological polar surface area (TPSA) is 103 Å². The highest BCUT2D eigenvalue weighted by molar-refractivity contribution is 5.76. The maximum atomic E-state index is 12.3. The molecule has 0 aromatic heterocycles. The fourth-order valence-electron chi connectivity index (χ4n) is 4.84. The van der Waals surface area contributed by atoms with Crippen molar-refractivity contribution in [2.24, 2.45) is 23.5 Å². The van der Waals surface area contributed by atoms with E-state index in [-0.39, 0.29) is 18.4 Å². The number of benzene rings is 1. The molecule has 1 aromatic carbocycles. The van der Waals surface area contributed by atoms with Crippen LogP contribution in [0.4, 0.5) is 0 Å². The summed E-state index contributed by atoms with van der Waals surface area (Å²) in [5.74, 6) is 2.63. The Hall–Kier alpha value is -1.83. The summed E-state index contributed by atoms with van der Waals surface area (Å²) >= 11 is 0. The third kappa shape index (κ3) is 10.8. The third-order valence-corrected chi connectivity index (χ3v) is 7.20. The molecule has 1 amide bonds. The molecular formula is C28H48N2O5. The Labute approximate surface area is 212 Å². The van der Waals surface area contributed by atoms with Gasteiger partial charge >= 0.3 is 0 Å². The number of ether oxygens (including phenoxy) is 3. The van der Waals surface area contributed by atoms with E-state index in [9.17, 15) is 9.90 Å². The van der Waals surface area contributed by atoms with Gasteiger partial charge in [0.2, 0.25) is 5.91 Å². The number of aliphatic hydroxyl groups is 1. The molecule has 35 heavy (non-hydrogen) atoms. The molecule has 7 nitrogen and oxygen atoms in total. The fourth-order valence-corrected chi connectivity index (χ4v) is 4.84. The second-order valence-electron chi connectivity index (χ2n) is 10.4. The van der Waals surface area contributed by atoms with E-state index >= 15 is 0 Å². The van der Waals surface area contributed by atoms with Crippen LogP contribution in [0.15, 0.2) is 18.2 Å². The molecule has 3 atom stereocenters. The number of hydrogen-bond donors (Lipinski definition) is 3. The van der Waals surface area contributed by atoms with Gasteiger partial charge in [-0.25, -0.2) is 0 Å². The van der Waals surface area contributed by atoms with Crippen LogP contribution in [0.1, 0.15) is 70.8 Å². The molecule has 1 aromatic rings. The predicted molar refractivity (Wildman–Crippen MR) is 140 cm³/mol. The summed E-state index contributed by atoms with van der Waals surface area (Å²) in [5.41, 5.74) is 7.54. The van der Waals surface area contributed by atoms with Crippen LogP contribution in [-0.2, 0) is 16.0 Å². The Morgan fingerprint density at radius 2 is 1.89 bits per heavy atom. The lowest BCUT2D eigenvalue weighted by Crippen LogP contribution is -2.45. The molecule has 3 unspecified atom stereocenters. The summed E-state index contributed by atoms with van der Waals surface area (Å²) in [7, 11) is 3.32. The van der Waals surface area contributed by atoms with Crippen molar-refractivity contribution < 1.29 is 24.1 Å². The van der Waals surface area contributed by atoms with Crippen molar-refractivity contribution in [1.29, 1.82) is 0 Å². The van der Waals surface area contributed by atoms with Crippen LogP contribution in [0, 0.1) is 17.8 Å². The smallest absolute Gasteiger partial charge is 0.220 e. The SMILES string of the molecule is COCCCOc1cc(CC(CC(N)C(O)CNC(=O)CC2CCCCC2)C(C)C)ccc1OC. The first-order chi connectivity index (χ1) is 16.8. The molecule has 1 fully saturated rings. The molecule has 0 saturated heterocycles. The highest BCUT2D eigenvalue weighted by Gasteiger charge is 2.24. The third-order valence-electron chi connectivity index (χ3n) is 7.20. The number of rotatable bonds is 16. The predicted octanol–water partition coefficient (Wildman–Crippen LogP) is 4.09. The molecule has 200 valence electrons. The molecule has 0 aliphatic heterocycles. The summed E-state index contributed by atoms with van der Waals surface area (Å²) < 4.78 is 16.5. The van der Waals surface area contributed by atoms with Crippen molar-refractivity contribution in [3.8, 4) is 11.5 Å². The number of amides is 1. The van der Waals surface area contributed by atoms with E-state index in [1.165, 1.54) is 19.3 Å². The number of carbonyl (C=O) groups is 1. The number of nitrogens with two attached hydrogens (primary N) is 1.